The first kappa shape index (κ1) is 12.9. The molecular formula is C11H22O4. The van der Waals surface area contributed by atoms with Crippen LogP contribution in [0.25, 0.3) is 0 Å². The van der Waals surface area contributed by atoms with Crippen LogP contribution in [-0.2, 0) is 9.47 Å². The summed E-state index contributed by atoms with van der Waals surface area (Å²) in [6.45, 7) is 5.45. The molecule has 0 aromatic heterocycles. The van der Waals surface area contributed by atoms with Crippen LogP contribution < -0.4 is 0 Å². The molecule has 0 radical (unpaired) electrons. The Morgan fingerprint density at radius 3 is 2.27 bits per heavy atom. The second-order valence-electron chi connectivity index (χ2n) is 4.88. The monoisotopic (exact) mass is 218 g/mol. The second kappa shape index (κ2) is 5.80. The molecule has 2 N–H and O–H groups in total. The maximum absolute atomic E-state index is 9.16. The van der Waals surface area contributed by atoms with Crippen molar-refractivity contribution in [1.29, 1.82) is 0 Å². The zero-order valence-electron chi connectivity index (χ0n) is 9.61. The van der Waals surface area contributed by atoms with Gasteiger partial charge in [-0.15, -0.1) is 0 Å². The number of rotatable bonds is 5. The Morgan fingerprint density at radius 1 is 1.20 bits per heavy atom. The van der Waals surface area contributed by atoms with E-state index in [1.54, 1.807) is 0 Å². The van der Waals surface area contributed by atoms with Crippen molar-refractivity contribution in [3.63, 3.8) is 0 Å². The van der Waals surface area contributed by atoms with Crippen LogP contribution in [0.1, 0.15) is 26.7 Å². The molecular weight excluding hydrogens is 196 g/mol. The average Bonchev–Trinajstić information content (AvgIpc) is 2.27. The van der Waals surface area contributed by atoms with Gasteiger partial charge < -0.3 is 19.7 Å². The highest BCUT2D eigenvalue weighted by atomic mass is 16.7. The van der Waals surface area contributed by atoms with E-state index in [2.05, 4.69) is 0 Å². The zero-order valence-corrected chi connectivity index (χ0v) is 9.61. The van der Waals surface area contributed by atoms with Gasteiger partial charge in [0.15, 0.2) is 6.29 Å². The van der Waals surface area contributed by atoms with E-state index in [-0.39, 0.29) is 24.9 Å². The van der Waals surface area contributed by atoms with Gasteiger partial charge in [-0.05, 0) is 12.8 Å². The minimum Gasteiger partial charge on any atom is -0.396 e. The van der Waals surface area contributed by atoms with Crippen LogP contribution in [0.5, 0.6) is 0 Å². The standard InChI is InChI=1S/C11H22O4/c1-11(2,8-13)10-14-6-9(7-15-10)4-3-5-12/h9-10,12-13H,3-8H2,1-2H3. The van der Waals surface area contributed by atoms with E-state index in [9.17, 15) is 0 Å². The smallest absolute Gasteiger partial charge is 0.164 e. The Labute approximate surface area is 91.2 Å². The maximum atomic E-state index is 9.16. The fraction of sp³-hybridized carbons (Fsp3) is 1.00. The summed E-state index contributed by atoms with van der Waals surface area (Å²) in [4.78, 5) is 0. The molecule has 0 atom stereocenters. The summed E-state index contributed by atoms with van der Waals surface area (Å²) >= 11 is 0. The Kier molecular flexibility index (Phi) is 4.99. The first-order valence-corrected chi connectivity index (χ1v) is 5.55. The molecule has 4 heteroatoms. The van der Waals surface area contributed by atoms with Crippen LogP contribution in [0.3, 0.4) is 0 Å². The van der Waals surface area contributed by atoms with Gasteiger partial charge in [-0.25, -0.2) is 0 Å². The summed E-state index contributed by atoms with van der Waals surface area (Å²) in [5.74, 6) is 0.378. The molecule has 0 aromatic carbocycles. The molecule has 1 aliphatic heterocycles. The third-order valence-corrected chi connectivity index (χ3v) is 2.78. The first-order chi connectivity index (χ1) is 7.10. The highest BCUT2D eigenvalue weighted by molar-refractivity contribution is 4.75. The molecule has 0 bridgehead atoms. The lowest BCUT2D eigenvalue weighted by molar-refractivity contribution is -0.252. The predicted octanol–water partition coefficient (Wildman–Crippen LogP) is 0.766. The molecule has 0 saturated carbocycles. The topological polar surface area (TPSA) is 58.9 Å². The number of hydrogen-bond acceptors (Lipinski definition) is 4. The van der Waals surface area contributed by atoms with Gasteiger partial charge in [0.2, 0.25) is 0 Å². The van der Waals surface area contributed by atoms with Gasteiger partial charge in [0.1, 0.15) is 0 Å². The quantitative estimate of drug-likeness (QED) is 0.715. The lowest BCUT2D eigenvalue weighted by atomic mass is 9.93. The van der Waals surface area contributed by atoms with Crippen molar-refractivity contribution >= 4 is 0 Å². The average molecular weight is 218 g/mol. The van der Waals surface area contributed by atoms with Crippen LogP contribution >= 0.6 is 0 Å². The van der Waals surface area contributed by atoms with Gasteiger partial charge in [-0.1, -0.05) is 13.8 Å². The third kappa shape index (κ3) is 3.72. The van der Waals surface area contributed by atoms with E-state index < -0.39 is 0 Å². The van der Waals surface area contributed by atoms with Gasteiger partial charge in [0.05, 0.1) is 19.8 Å². The summed E-state index contributed by atoms with van der Waals surface area (Å²) in [7, 11) is 0. The van der Waals surface area contributed by atoms with Crippen molar-refractivity contribution in [3.05, 3.63) is 0 Å². The Bertz CT molecular complexity index is 173. The molecule has 4 nitrogen and oxygen atoms in total. The minimum atomic E-state index is -0.345. The molecule has 1 aliphatic rings. The van der Waals surface area contributed by atoms with Gasteiger partial charge in [0, 0.05) is 17.9 Å². The fourth-order valence-electron chi connectivity index (χ4n) is 1.62. The number of ether oxygens (including phenoxy) is 2. The summed E-state index contributed by atoms with van der Waals surface area (Å²) in [6, 6.07) is 0. The van der Waals surface area contributed by atoms with Crippen molar-refractivity contribution in [2.75, 3.05) is 26.4 Å². The molecule has 15 heavy (non-hydrogen) atoms. The Balaban J connectivity index is 2.29. The number of aliphatic hydroxyl groups is 2. The fourth-order valence-corrected chi connectivity index (χ4v) is 1.62. The van der Waals surface area contributed by atoms with Crippen LogP contribution in [0.15, 0.2) is 0 Å². The van der Waals surface area contributed by atoms with Crippen LogP contribution in [0.2, 0.25) is 0 Å². The van der Waals surface area contributed by atoms with Crippen molar-refractivity contribution < 1.29 is 19.7 Å². The molecule has 0 amide bonds. The van der Waals surface area contributed by atoms with Crippen LogP contribution in [0.4, 0.5) is 0 Å². The van der Waals surface area contributed by atoms with Crippen molar-refractivity contribution in [2.24, 2.45) is 11.3 Å². The van der Waals surface area contributed by atoms with Gasteiger partial charge in [-0.2, -0.15) is 0 Å². The molecule has 90 valence electrons. The highest BCUT2D eigenvalue weighted by Crippen LogP contribution is 2.28. The Morgan fingerprint density at radius 2 is 1.80 bits per heavy atom. The van der Waals surface area contributed by atoms with E-state index in [4.69, 9.17) is 19.7 Å². The summed E-state index contributed by atoms with van der Waals surface area (Å²) in [5.41, 5.74) is -0.345. The maximum Gasteiger partial charge on any atom is 0.164 e. The van der Waals surface area contributed by atoms with Crippen LogP contribution in [0, 0.1) is 11.3 Å². The molecule has 0 unspecified atom stereocenters. The molecule has 1 rings (SSSR count). The van der Waals surface area contributed by atoms with Gasteiger partial charge in [-0.3, -0.25) is 0 Å². The zero-order chi connectivity index (χ0) is 11.3. The second-order valence-corrected chi connectivity index (χ2v) is 4.88. The molecule has 1 heterocycles. The molecule has 1 saturated heterocycles. The van der Waals surface area contributed by atoms with Gasteiger partial charge >= 0.3 is 0 Å². The van der Waals surface area contributed by atoms with Crippen molar-refractivity contribution in [2.45, 2.75) is 33.0 Å². The number of hydrogen-bond donors (Lipinski definition) is 2. The lowest BCUT2D eigenvalue weighted by Gasteiger charge is -2.37. The van der Waals surface area contributed by atoms with E-state index in [0.717, 1.165) is 12.8 Å². The van der Waals surface area contributed by atoms with Crippen molar-refractivity contribution in [1.82, 2.24) is 0 Å². The molecule has 0 aliphatic carbocycles. The van der Waals surface area contributed by atoms with E-state index >= 15 is 0 Å². The molecule has 0 aromatic rings. The minimum absolute atomic E-state index is 0.0545. The SMILES string of the molecule is CC(C)(CO)C1OCC(CCCO)CO1. The van der Waals surface area contributed by atoms with E-state index in [1.807, 2.05) is 13.8 Å². The van der Waals surface area contributed by atoms with Crippen LogP contribution in [-0.4, -0.2) is 42.9 Å². The summed E-state index contributed by atoms with van der Waals surface area (Å²) in [6.07, 6.45) is 1.42. The predicted molar refractivity (Wildman–Crippen MR) is 56.4 cm³/mol. The summed E-state index contributed by atoms with van der Waals surface area (Å²) in [5, 5.41) is 17.9. The molecule has 0 spiro atoms. The Hall–Kier alpha value is -0.160. The molecule has 1 fully saturated rings. The summed E-state index contributed by atoms with van der Waals surface area (Å²) < 4.78 is 11.2. The first-order valence-electron chi connectivity index (χ1n) is 5.55. The lowest BCUT2D eigenvalue weighted by Crippen LogP contribution is -2.43. The van der Waals surface area contributed by atoms with Crippen molar-refractivity contribution in [3.8, 4) is 0 Å². The normalized spacial score (nSPS) is 28.0. The number of aliphatic hydroxyl groups excluding tert-OH is 2. The van der Waals surface area contributed by atoms with E-state index in [0.29, 0.717) is 19.1 Å². The van der Waals surface area contributed by atoms with Gasteiger partial charge in [0.25, 0.3) is 0 Å². The van der Waals surface area contributed by atoms with E-state index in [1.165, 1.54) is 0 Å². The highest BCUT2D eigenvalue weighted by Gasteiger charge is 2.34. The third-order valence-electron chi connectivity index (χ3n) is 2.78. The largest absolute Gasteiger partial charge is 0.396 e.